The molecule has 11 heteroatoms. The third-order valence-corrected chi connectivity index (χ3v) is 7.70. The molecule has 4 aromatic rings. The van der Waals surface area contributed by atoms with Crippen molar-refractivity contribution in [3.05, 3.63) is 98.5 Å². The van der Waals surface area contributed by atoms with Crippen LogP contribution in [0.5, 0.6) is 11.5 Å². The molecule has 1 aliphatic heterocycles. The number of carbonyl (C=O) groups is 3. The monoisotopic (exact) mass is 624 g/mol. The highest BCUT2D eigenvalue weighted by Gasteiger charge is 2.35. The Balaban J connectivity index is 1.38. The fourth-order valence-electron chi connectivity index (χ4n) is 4.26. The van der Waals surface area contributed by atoms with E-state index in [0.29, 0.717) is 21.5 Å². The van der Waals surface area contributed by atoms with Crippen LogP contribution in [0.3, 0.4) is 0 Å². The fraction of sp³-hybridized carbons (Fsp3) is 0.138. The predicted molar refractivity (Wildman–Crippen MR) is 151 cm³/mol. The quantitative estimate of drug-likeness (QED) is 0.139. The summed E-state index contributed by atoms with van der Waals surface area (Å²) in [7, 11) is 2.71. The zero-order chi connectivity index (χ0) is 28.4. The Hall–Kier alpha value is -4.28. The first-order valence-electron chi connectivity index (χ1n) is 12.0. The lowest BCUT2D eigenvalue weighted by Crippen LogP contribution is -2.30. The summed E-state index contributed by atoms with van der Waals surface area (Å²) in [4.78, 5) is 38.2. The minimum absolute atomic E-state index is 0.0213. The number of hydrogen-bond acceptors (Lipinski definition) is 7. The summed E-state index contributed by atoms with van der Waals surface area (Å²) in [6, 6.07) is 17.9. The minimum atomic E-state index is -0.663. The molecule has 9 nitrogen and oxygen atoms in total. The summed E-state index contributed by atoms with van der Waals surface area (Å²) in [6.45, 7) is 0.0729. The van der Waals surface area contributed by atoms with Crippen molar-refractivity contribution in [3.63, 3.8) is 0 Å². The zero-order valence-corrected chi connectivity index (χ0v) is 23.7. The fourth-order valence-corrected chi connectivity index (χ4v) is 4.93. The van der Waals surface area contributed by atoms with Crippen LogP contribution in [0.2, 0.25) is 5.02 Å². The first kappa shape index (κ1) is 27.3. The maximum Gasteiger partial charge on any atom is 0.373 e. The molecule has 0 spiro atoms. The van der Waals surface area contributed by atoms with Crippen LogP contribution in [0.4, 0.5) is 4.79 Å². The molecule has 1 N–H and O–H groups in total. The van der Waals surface area contributed by atoms with Gasteiger partial charge in [-0.1, -0.05) is 54.1 Å². The van der Waals surface area contributed by atoms with Gasteiger partial charge in [-0.2, -0.15) is 0 Å². The highest BCUT2D eigenvalue weighted by molar-refractivity contribution is 9.10. The van der Waals surface area contributed by atoms with Crippen LogP contribution in [0, 0.1) is 0 Å². The molecule has 204 valence electrons. The summed E-state index contributed by atoms with van der Waals surface area (Å²) in [5.41, 5.74) is 1.48. The van der Waals surface area contributed by atoms with Crippen molar-refractivity contribution in [1.29, 1.82) is 0 Å². The normalized spacial score (nSPS) is 14.1. The average Bonchev–Trinajstić information content (AvgIpc) is 3.54. The Morgan fingerprint density at radius 1 is 1.10 bits per heavy atom. The van der Waals surface area contributed by atoms with Gasteiger partial charge in [-0.25, -0.2) is 9.59 Å². The molecule has 40 heavy (non-hydrogen) atoms. The number of imide groups is 1. The number of hydrogen-bond donors (Lipinski definition) is 1. The molecule has 1 aliphatic rings. The van der Waals surface area contributed by atoms with Crippen LogP contribution in [-0.2, 0) is 22.7 Å². The number of nitrogens with zero attached hydrogens (tertiary/aromatic N) is 1. The number of amides is 3. The van der Waals surface area contributed by atoms with Crippen molar-refractivity contribution < 1.29 is 33.0 Å². The van der Waals surface area contributed by atoms with E-state index in [4.69, 9.17) is 25.5 Å². The molecule has 1 fully saturated rings. The van der Waals surface area contributed by atoms with Crippen molar-refractivity contribution in [2.75, 3.05) is 14.2 Å². The van der Waals surface area contributed by atoms with Gasteiger partial charge in [0.2, 0.25) is 5.76 Å². The van der Waals surface area contributed by atoms with Crippen LogP contribution in [0.1, 0.15) is 27.4 Å². The summed E-state index contributed by atoms with van der Waals surface area (Å²) < 4.78 is 22.1. The van der Waals surface area contributed by atoms with Crippen LogP contribution in [0.15, 0.2) is 75.3 Å². The molecule has 1 saturated heterocycles. The maximum atomic E-state index is 13.0. The third kappa shape index (κ3) is 5.28. The lowest BCUT2D eigenvalue weighted by molar-refractivity contribution is -0.123. The van der Waals surface area contributed by atoms with E-state index in [1.54, 1.807) is 6.07 Å². The van der Waals surface area contributed by atoms with Crippen LogP contribution < -0.4 is 14.8 Å². The van der Waals surface area contributed by atoms with E-state index in [9.17, 15) is 14.4 Å². The topological polar surface area (TPSA) is 107 Å². The highest BCUT2D eigenvalue weighted by Crippen LogP contribution is 2.44. The van der Waals surface area contributed by atoms with Gasteiger partial charge in [-0.05, 0) is 62.1 Å². The number of carbonyl (C=O) groups excluding carboxylic acids is 3. The summed E-state index contributed by atoms with van der Waals surface area (Å²) in [6.07, 6.45) is 1.48. The first-order valence-corrected chi connectivity index (χ1v) is 13.1. The molecular weight excluding hydrogens is 604 g/mol. The smallest absolute Gasteiger partial charge is 0.373 e. The summed E-state index contributed by atoms with van der Waals surface area (Å²) >= 11 is 10.2. The van der Waals surface area contributed by atoms with E-state index in [1.165, 1.54) is 32.4 Å². The van der Waals surface area contributed by atoms with E-state index in [2.05, 4.69) is 26.0 Å². The second-order valence-corrected chi connectivity index (χ2v) is 9.86. The van der Waals surface area contributed by atoms with Crippen LogP contribution in [-0.4, -0.2) is 37.0 Å². The molecule has 3 amide bonds. The Kier molecular flexibility index (Phi) is 7.81. The molecule has 2 heterocycles. The number of benzene rings is 3. The summed E-state index contributed by atoms with van der Waals surface area (Å²) in [5, 5.41) is 4.96. The second-order valence-electron chi connectivity index (χ2n) is 8.69. The molecular formula is C29H22BrClN2O7. The van der Waals surface area contributed by atoms with Gasteiger partial charge in [0.1, 0.15) is 23.1 Å². The number of rotatable bonds is 8. The molecule has 0 saturated carbocycles. The van der Waals surface area contributed by atoms with Crippen LogP contribution in [0.25, 0.3) is 16.8 Å². The highest BCUT2D eigenvalue weighted by atomic mass is 79.9. The first-order chi connectivity index (χ1) is 19.3. The number of ether oxygens (including phenoxy) is 3. The molecule has 0 radical (unpaired) electrons. The van der Waals surface area contributed by atoms with E-state index >= 15 is 0 Å². The van der Waals surface area contributed by atoms with Gasteiger partial charge in [-0.3, -0.25) is 9.69 Å². The van der Waals surface area contributed by atoms with E-state index in [0.717, 1.165) is 21.2 Å². The van der Waals surface area contributed by atoms with Gasteiger partial charge in [0.25, 0.3) is 5.91 Å². The number of urea groups is 1. The average molecular weight is 626 g/mol. The van der Waals surface area contributed by atoms with Gasteiger partial charge in [-0.15, -0.1) is 0 Å². The third-order valence-electron chi connectivity index (χ3n) is 6.25. The Bertz CT molecular complexity index is 1680. The Labute approximate surface area is 242 Å². The largest absolute Gasteiger partial charge is 0.493 e. The number of esters is 1. The lowest BCUT2D eigenvalue weighted by atomic mass is 10.1. The molecule has 0 aliphatic carbocycles. The standard InChI is InChI=1S/C29H22BrClN2O7/c1-37-23-13-18(12-21-27(34)33(29(36)32-21)14-19-10-11-22(40-19)28(35)38-2)24(30)25(31)26(23)39-15-17-8-5-7-16-6-3-4-9-20(16)17/h3-13H,14-15H2,1-2H3,(H,32,36)/b21-12-. The molecule has 0 bridgehead atoms. The van der Waals surface area contributed by atoms with Crippen LogP contribution >= 0.6 is 27.5 Å². The van der Waals surface area contributed by atoms with Crippen molar-refractivity contribution in [1.82, 2.24) is 10.2 Å². The predicted octanol–water partition coefficient (Wildman–Crippen LogP) is 6.32. The summed E-state index contributed by atoms with van der Waals surface area (Å²) in [5.74, 6) is -0.366. The van der Waals surface area contributed by atoms with E-state index in [1.807, 2.05) is 42.5 Å². The van der Waals surface area contributed by atoms with Gasteiger partial charge >= 0.3 is 12.0 Å². The van der Waals surface area contributed by atoms with Gasteiger partial charge < -0.3 is 23.9 Å². The minimum Gasteiger partial charge on any atom is -0.493 e. The number of halogens is 2. The Morgan fingerprint density at radius 2 is 1.88 bits per heavy atom. The number of methoxy groups -OCH3 is 2. The number of nitrogens with one attached hydrogen (secondary N) is 1. The van der Waals surface area contributed by atoms with Crippen molar-refractivity contribution in [2.24, 2.45) is 0 Å². The molecule has 0 unspecified atom stereocenters. The van der Waals surface area contributed by atoms with Gasteiger partial charge in [0, 0.05) is 4.47 Å². The van der Waals surface area contributed by atoms with E-state index < -0.39 is 17.9 Å². The van der Waals surface area contributed by atoms with Gasteiger partial charge in [0.05, 0.1) is 20.8 Å². The SMILES string of the molecule is COC(=O)c1ccc(CN2C(=O)N/C(=C\c3cc(OC)c(OCc4cccc5ccccc45)c(Cl)c3Br)C2=O)o1. The maximum absolute atomic E-state index is 13.0. The van der Waals surface area contributed by atoms with Crippen molar-refractivity contribution in [2.45, 2.75) is 13.2 Å². The molecule has 1 aromatic heterocycles. The van der Waals surface area contributed by atoms with Crippen molar-refractivity contribution >= 4 is 62.3 Å². The molecule has 3 aromatic carbocycles. The Morgan fingerprint density at radius 3 is 2.65 bits per heavy atom. The molecule has 5 rings (SSSR count). The van der Waals surface area contributed by atoms with E-state index in [-0.39, 0.29) is 35.4 Å². The lowest BCUT2D eigenvalue weighted by Gasteiger charge is -2.16. The zero-order valence-electron chi connectivity index (χ0n) is 21.3. The van der Waals surface area contributed by atoms with Gasteiger partial charge in [0.15, 0.2) is 11.5 Å². The molecule has 0 atom stereocenters. The van der Waals surface area contributed by atoms with Crippen molar-refractivity contribution in [3.8, 4) is 11.5 Å². The number of fused-ring (bicyclic) bond motifs is 1. The second kappa shape index (κ2) is 11.4. The number of furan rings is 1.